The van der Waals surface area contributed by atoms with Gasteiger partial charge in [-0.2, -0.15) is 0 Å². The van der Waals surface area contributed by atoms with Gasteiger partial charge in [0.1, 0.15) is 6.61 Å². The molecule has 4 nitrogen and oxygen atoms in total. The van der Waals surface area contributed by atoms with Crippen molar-refractivity contribution in [2.75, 3.05) is 26.8 Å². The number of hydrogen-bond donors (Lipinski definition) is 0. The molecule has 0 aromatic heterocycles. The van der Waals surface area contributed by atoms with Gasteiger partial charge in [0.2, 0.25) is 0 Å². The van der Waals surface area contributed by atoms with Crippen LogP contribution in [0, 0.1) is 0 Å². The molecule has 21 heavy (non-hydrogen) atoms. The van der Waals surface area contributed by atoms with Crippen molar-refractivity contribution in [1.29, 1.82) is 0 Å². The van der Waals surface area contributed by atoms with E-state index in [0.717, 1.165) is 25.9 Å². The summed E-state index contributed by atoms with van der Waals surface area (Å²) in [7, 11) is 1.76. The van der Waals surface area contributed by atoms with Gasteiger partial charge in [-0.15, -0.1) is 12.4 Å². The lowest BCUT2D eigenvalue weighted by Gasteiger charge is -2.50. The van der Waals surface area contributed by atoms with E-state index in [0.29, 0.717) is 13.0 Å². The van der Waals surface area contributed by atoms with Crippen molar-refractivity contribution >= 4 is 18.4 Å². The molecule has 0 amide bonds. The van der Waals surface area contributed by atoms with E-state index >= 15 is 0 Å². The Labute approximate surface area is 130 Å². The van der Waals surface area contributed by atoms with Crippen LogP contribution in [0.4, 0.5) is 0 Å². The van der Waals surface area contributed by atoms with Crippen LogP contribution in [-0.2, 0) is 14.3 Å². The first kappa shape index (κ1) is 14.8. The van der Waals surface area contributed by atoms with Gasteiger partial charge in [0.25, 0.3) is 0 Å². The Hall–Kier alpha value is -1.10. The van der Waals surface area contributed by atoms with Gasteiger partial charge in [0.05, 0.1) is 18.1 Å². The van der Waals surface area contributed by atoms with E-state index in [1.54, 1.807) is 7.11 Å². The minimum absolute atomic E-state index is 0. The molecule has 0 N–H and O–H groups in total. The molecule has 114 valence electrons. The summed E-state index contributed by atoms with van der Waals surface area (Å²) in [6, 6.07) is 0. The molecule has 0 aromatic rings. The molecule has 3 heterocycles. The fourth-order valence-electron chi connectivity index (χ4n) is 4.18. The largest absolute Gasteiger partial charge is 0.461 e. The van der Waals surface area contributed by atoms with Crippen molar-refractivity contribution < 1.29 is 14.3 Å². The van der Waals surface area contributed by atoms with Crippen LogP contribution < -0.4 is 0 Å². The third kappa shape index (κ3) is 2.00. The number of esters is 1. The Bertz CT molecular complexity index is 566. The molecule has 1 aliphatic carbocycles. The normalized spacial score (nSPS) is 34.4. The molecule has 0 radical (unpaired) electrons. The van der Waals surface area contributed by atoms with Crippen molar-refractivity contribution in [3.63, 3.8) is 0 Å². The quantitative estimate of drug-likeness (QED) is 0.549. The fraction of sp³-hybridized carbons (Fsp3) is 0.562. The van der Waals surface area contributed by atoms with Crippen LogP contribution in [0.1, 0.15) is 19.3 Å². The van der Waals surface area contributed by atoms with Crippen LogP contribution in [0.25, 0.3) is 0 Å². The average molecular weight is 310 g/mol. The highest BCUT2D eigenvalue weighted by molar-refractivity contribution is 5.85. The Morgan fingerprint density at radius 2 is 2.33 bits per heavy atom. The van der Waals surface area contributed by atoms with Crippen LogP contribution in [-0.4, -0.2) is 49.3 Å². The first-order valence-electron chi connectivity index (χ1n) is 7.28. The van der Waals surface area contributed by atoms with Gasteiger partial charge >= 0.3 is 5.97 Å². The molecule has 0 fully saturated rings. The number of rotatable bonds is 1. The second-order valence-corrected chi connectivity index (χ2v) is 5.97. The smallest absolute Gasteiger partial charge is 0.310 e. The Morgan fingerprint density at radius 3 is 3.14 bits per heavy atom. The first-order chi connectivity index (χ1) is 9.74. The summed E-state index contributed by atoms with van der Waals surface area (Å²) in [4.78, 5) is 14.3. The van der Waals surface area contributed by atoms with E-state index in [1.807, 2.05) is 0 Å². The molecule has 0 saturated carbocycles. The highest BCUT2D eigenvalue weighted by Gasteiger charge is 2.52. The van der Waals surface area contributed by atoms with Gasteiger partial charge in [-0.25, -0.2) is 0 Å². The SMILES string of the molecule is CO[C@H]1C=CC2=CCN3CCC4=C(CC(=O)OC4)[C@]23C1.Cl. The van der Waals surface area contributed by atoms with Gasteiger partial charge in [-0.3, -0.25) is 9.69 Å². The van der Waals surface area contributed by atoms with Crippen molar-refractivity contribution in [2.24, 2.45) is 0 Å². The standard InChI is InChI=1S/C16H19NO3.ClH/c1-19-13-3-2-12-5-7-17-6-4-11-10-20-15(18)8-14(11)16(12,17)9-13;/h2-3,5,13H,4,6-10H2,1H3;1H/t13-,16-;/m0./s1. The van der Waals surface area contributed by atoms with Gasteiger partial charge < -0.3 is 9.47 Å². The molecule has 2 atom stereocenters. The number of hydrogen-bond acceptors (Lipinski definition) is 4. The minimum atomic E-state index is -0.109. The summed E-state index contributed by atoms with van der Waals surface area (Å²) in [5.41, 5.74) is 3.85. The highest BCUT2D eigenvalue weighted by atomic mass is 35.5. The Balaban J connectivity index is 0.00000132. The summed E-state index contributed by atoms with van der Waals surface area (Å²) < 4.78 is 10.8. The molecular formula is C16H20ClNO3. The van der Waals surface area contributed by atoms with Crippen LogP contribution in [0.5, 0.6) is 0 Å². The topological polar surface area (TPSA) is 38.8 Å². The molecule has 0 aromatic carbocycles. The van der Waals surface area contributed by atoms with E-state index < -0.39 is 0 Å². The van der Waals surface area contributed by atoms with Crippen molar-refractivity contribution in [1.82, 2.24) is 4.90 Å². The zero-order chi connectivity index (χ0) is 13.7. The number of halogens is 1. The third-order valence-corrected chi connectivity index (χ3v) is 5.18. The molecule has 4 aliphatic rings. The maximum Gasteiger partial charge on any atom is 0.310 e. The van der Waals surface area contributed by atoms with E-state index in [4.69, 9.17) is 9.47 Å². The zero-order valence-electron chi connectivity index (χ0n) is 12.1. The van der Waals surface area contributed by atoms with Crippen molar-refractivity contribution in [3.05, 3.63) is 34.9 Å². The minimum Gasteiger partial charge on any atom is -0.461 e. The molecule has 3 aliphatic heterocycles. The molecule has 5 heteroatoms. The third-order valence-electron chi connectivity index (χ3n) is 5.18. The highest BCUT2D eigenvalue weighted by Crippen LogP contribution is 2.50. The molecule has 0 unspecified atom stereocenters. The fourth-order valence-corrected chi connectivity index (χ4v) is 4.18. The number of carbonyl (C=O) groups is 1. The predicted molar refractivity (Wildman–Crippen MR) is 81.4 cm³/mol. The van der Waals surface area contributed by atoms with Crippen LogP contribution >= 0.6 is 12.4 Å². The van der Waals surface area contributed by atoms with Gasteiger partial charge in [0.15, 0.2) is 0 Å². The lowest BCUT2D eigenvalue weighted by atomic mass is 9.69. The molecule has 4 rings (SSSR count). The number of methoxy groups -OCH3 is 1. The van der Waals surface area contributed by atoms with Crippen LogP contribution in [0.3, 0.4) is 0 Å². The lowest BCUT2D eigenvalue weighted by Crippen LogP contribution is -2.55. The second-order valence-electron chi connectivity index (χ2n) is 5.97. The molecule has 1 spiro atoms. The van der Waals surface area contributed by atoms with Gasteiger partial charge in [-0.1, -0.05) is 18.2 Å². The summed E-state index contributed by atoms with van der Waals surface area (Å²) >= 11 is 0. The van der Waals surface area contributed by atoms with E-state index in [9.17, 15) is 4.79 Å². The maximum atomic E-state index is 11.8. The van der Waals surface area contributed by atoms with Gasteiger partial charge in [0, 0.05) is 26.6 Å². The van der Waals surface area contributed by atoms with E-state index in [2.05, 4.69) is 23.1 Å². The molecule has 0 bridgehead atoms. The first-order valence-corrected chi connectivity index (χ1v) is 7.28. The summed E-state index contributed by atoms with van der Waals surface area (Å²) in [6.07, 6.45) is 9.12. The lowest BCUT2D eigenvalue weighted by molar-refractivity contribution is -0.143. The monoisotopic (exact) mass is 309 g/mol. The maximum absolute atomic E-state index is 11.8. The Morgan fingerprint density at radius 1 is 1.48 bits per heavy atom. The molecular weight excluding hydrogens is 290 g/mol. The van der Waals surface area contributed by atoms with Crippen molar-refractivity contribution in [3.8, 4) is 0 Å². The number of ether oxygens (including phenoxy) is 2. The second kappa shape index (κ2) is 5.27. The van der Waals surface area contributed by atoms with E-state index in [1.165, 1.54) is 16.7 Å². The summed E-state index contributed by atoms with van der Waals surface area (Å²) in [6.45, 7) is 2.50. The number of carbonyl (C=O) groups excluding carboxylic acids is 1. The number of nitrogens with zero attached hydrogens (tertiary/aromatic N) is 1. The van der Waals surface area contributed by atoms with Crippen LogP contribution in [0.2, 0.25) is 0 Å². The summed E-state index contributed by atoms with van der Waals surface area (Å²) in [5.74, 6) is -0.0882. The molecule has 0 saturated heterocycles. The average Bonchev–Trinajstić information content (AvgIpc) is 2.86. The van der Waals surface area contributed by atoms with E-state index in [-0.39, 0.29) is 30.0 Å². The number of cyclic esters (lactones) is 1. The zero-order valence-corrected chi connectivity index (χ0v) is 12.9. The predicted octanol–water partition coefficient (Wildman–Crippen LogP) is 2.01. The Kier molecular flexibility index (Phi) is 3.72. The van der Waals surface area contributed by atoms with Crippen LogP contribution in [0.15, 0.2) is 34.9 Å². The van der Waals surface area contributed by atoms with Gasteiger partial charge in [-0.05, 0) is 23.1 Å². The summed E-state index contributed by atoms with van der Waals surface area (Å²) in [5, 5.41) is 0. The van der Waals surface area contributed by atoms with Crippen molar-refractivity contribution in [2.45, 2.75) is 30.9 Å².